The molecule has 7 heteroatoms. The quantitative estimate of drug-likeness (QED) is 0.562. The molecule has 0 spiro atoms. The Morgan fingerprint density at radius 2 is 2.06 bits per heavy atom. The van der Waals surface area contributed by atoms with Crippen LogP contribution in [-0.4, -0.2) is 34.0 Å². The number of hydrogen-bond acceptors (Lipinski definition) is 5. The highest BCUT2D eigenvalue weighted by atomic mass is 35.7. The predicted octanol–water partition coefficient (Wildman–Crippen LogP) is 1.52. The zero-order chi connectivity index (χ0) is 13.4. The van der Waals surface area contributed by atoms with Gasteiger partial charge in [-0.3, -0.25) is 0 Å². The maximum Gasteiger partial charge on any atom is 0.234 e. The molecule has 0 aliphatic carbocycles. The minimum atomic E-state index is -3.50. The Morgan fingerprint density at radius 3 is 2.72 bits per heavy atom. The van der Waals surface area contributed by atoms with Crippen LogP contribution in [0.15, 0.2) is 24.3 Å². The van der Waals surface area contributed by atoms with Crippen molar-refractivity contribution in [2.45, 2.75) is 0 Å². The van der Waals surface area contributed by atoms with E-state index >= 15 is 0 Å². The summed E-state index contributed by atoms with van der Waals surface area (Å²) in [6.45, 7) is 0.563. The van der Waals surface area contributed by atoms with Crippen molar-refractivity contribution in [1.29, 1.82) is 5.26 Å². The molecule has 0 N–H and O–H groups in total. The molecule has 0 unspecified atom stereocenters. The largest absolute Gasteiger partial charge is 0.491 e. The van der Waals surface area contributed by atoms with E-state index in [1.807, 2.05) is 6.07 Å². The third-order valence-corrected chi connectivity index (χ3v) is 3.05. The van der Waals surface area contributed by atoms with E-state index in [2.05, 4.69) is 0 Å². The second kappa shape index (κ2) is 7.21. The summed E-state index contributed by atoms with van der Waals surface area (Å²) in [7, 11) is 1.50. The monoisotopic (exact) mass is 289 g/mol. The zero-order valence-electron chi connectivity index (χ0n) is 9.50. The lowest BCUT2D eigenvalue weighted by atomic mass is 10.2. The van der Waals surface area contributed by atoms with Crippen LogP contribution in [0.25, 0.3) is 0 Å². The molecule has 0 radical (unpaired) electrons. The van der Waals surface area contributed by atoms with Crippen LogP contribution in [0.4, 0.5) is 0 Å². The molecule has 18 heavy (non-hydrogen) atoms. The average Bonchev–Trinajstić information content (AvgIpc) is 2.32. The fraction of sp³-hybridized carbons (Fsp3) is 0.364. The first kappa shape index (κ1) is 14.8. The lowest BCUT2D eigenvalue weighted by Gasteiger charge is -2.06. The number of ether oxygens (including phenoxy) is 2. The van der Waals surface area contributed by atoms with E-state index < -0.39 is 9.05 Å². The molecule has 0 fully saturated rings. The van der Waals surface area contributed by atoms with Crippen LogP contribution in [-0.2, 0) is 13.8 Å². The molecule has 0 bridgehead atoms. The third-order valence-electron chi connectivity index (χ3n) is 1.93. The van der Waals surface area contributed by atoms with E-state index in [-0.39, 0.29) is 25.6 Å². The molecule has 98 valence electrons. The van der Waals surface area contributed by atoms with Crippen molar-refractivity contribution in [3.63, 3.8) is 0 Å². The number of nitrogens with zero attached hydrogens (tertiary/aromatic N) is 1. The van der Waals surface area contributed by atoms with E-state index in [4.69, 9.17) is 25.4 Å². The molecule has 0 aliphatic rings. The third kappa shape index (κ3) is 6.45. The molecule has 1 aromatic rings. The lowest BCUT2D eigenvalue weighted by molar-refractivity contribution is 0.111. The molecule has 0 aliphatic heterocycles. The lowest BCUT2D eigenvalue weighted by Crippen LogP contribution is -2.11. The summed E-state index contributed by atoms with van der Waals surface area (Å²) in [5, 5.41) is 8.68. The summed E-state index contributed by atoms with van der Waals surface area (Å²) in [6, 6.07) is 8.74. The first-order chi connectivity index (χ1) is 8.51. The van der Waals surface area contributed by atoms with Crippen molar-refractivity contribution in [2.24, 2.45) is 0 Å². The van der Waals surface area contributed by atoms with Crippen molar-refractivity contribution >= 4 is 19.7 Å². The van der Waals surface area contributed by atoms with E-state index in [9.17, 15) is 8.42 Å². The molecule has 5 nitrogen and oxygen atoms in total. The molecule has 0 atom stereocenters. The summed E-state index contributed by atoms with van der Waals surface area (Å²) in [6.07, 6.45) is 0. The molecule has 0 heterocycles. The van der Waals surface area contributed by atoms with Gasteiger partial charge in [0.25, 0.3) is 0 Å². The molecular weight excluding hydrogens is 278 g/mol. The van der Waals surface area contributed by atoms with Crippen LogP contribution >= 0.6 is 10.7 Å². The number of nitriles is 1. The van der Waals surface area contributed by atoms with Gasteiger partial charge in [-0.2, -0.15) is 5.26 Å². The molecule has 0 amide bonds. The predicted molar refractivity (Wildman–Crippen MR) is 67.1 cm³/mol. The van der Waals surface area contributed by atoms with Gasteiger partial charge in [-0.15, -0.1) is 0 Å². The highest BCUT2D eigenvalue weighted by Crippen LogP contribution is 2.12. The van der Waals surface area contributed by atoms with Gasteiger partial charge in [-0.25, -0.2) is 8.42 Å². The average molecular weight is 290 g/mol. The molecule has 0 saturated carbocycles. The SMILES string of the molecule is N#Cc1cccc(OCCOCCS(=O)(=O)Cl)c1. The van der Waals surface area contributed by atoms with Gasteiger partial charge in [0, 0.05) is 10.7 Å². The highest BCUT2D eigenvalue weighted by Gasteiger charge is 2.04. The zero-order valence-corrected chi connectivity index (χ0v) is 11.1. The fourth-order valence-electron chi connectivity index (χ4n) is 1.13. The van der Waals surface area contributed by atoms with Crippen LogP contribution in [0.3, 0.4) is 0 Å². The number of rotatable bonds is 7. The van der Waals surface area contributed by atoms with E-state index in [0.29, 0.717) is 11.3 Å². The van der Waals surface area contributed by atoms with Crippen LogP contribution in [0, 0.1) is 11.3 Å². The Labute approximate surface area is 110 Å². The van der Waals surface area contributed by atoms with Crippen LogP contribution < -0.4 is 4.74 Å². The number of halogens is 1. The smallest absolute Gasteiger partial charge is 0.234 e. The highest BCUT2D eigenvalue weighted by molar-refractivity contribution is 8.13. The topological polar surface area (TPSA) is 76.4 Å². The summed E-state index contributed by atoms with van der Waals surface area (Å²) in [5.41, 5.74) is 0.515. The minimum absolute atomic E-state index is 0.0351. The molecule has 1 rings (SSSR count). The van der Waals surface area contributed by atoms with Gasteiger partial charge >= 0.3 is 0 Å². The normalized spacial score (nSPS) is 10.9. The summed E-state index contributed by atoms with van der Waals surface area (Å²) < 4.78 is 31.5. The van der Waals surface area contributed by atoms with E-state index in [0.717, 1.165) is 0 Å². The summed E-state index contributed by atoms with van der Waals surface area (Å²) in [4.78, 5) is 0. The van der Waals surface area contributed by atoms with Crippen molar-refractivity contribution in [3.05, 3.63) is 29.8 Å². The summed E-state index contributed by atoms with van der Waals surface area (Å²) in [5.74, 6) is 0.348. The first-order valence-corrected chi connectivity index (χ1v) is 7.62. The molecule has 0 saturated heterocycles. The molecule has 0 aromatic heterocycles. The fourth-order valence-corrected chi connectivity index (χ4v) is 1.64. The molecule has 1 aromatic carbocycles. The Kier molecular flexibility index (Phi) is 5.92. The Bertz CT molecular complexity index is 524. The number of benzene rings is 1. The van der Waals surface area contributed by atoms with Crippen molar-refractivity contribution < 1.29 is 17.9 Å². The van der Waals surface area contributed by atoms with Crippen LogP contribution in [0.5, 0.6) is 5.75 Å². The minimum Gasteiger partial charge on any atom is -0.491 e. The maximum atomic E-state index is 10.6. The second-order valence-electron chi connectivity index (χ2n) is 3.34. The Morgan fingerprint density at radius 1 is 1.28 bits per heavy atom. The first-order valence-electron chi connectivity index (χ1n) is 5.14. The van der Waals surface area contributed by atoms with Crippen molar-refractivity contribution in [3.8, 4) is 11.8 Å². The second-order valence-corrected chi connectivity index (χ2v) is 6.24. The van der Waals surface area contributed by atoms with Gasteiger partial charge < -0.3 is 9.47 Å². The maximum absolute atomic E-state index is 10.6. The number of hydrogen-bond donors (Lipinski definition) is 0. The van der Waals surface area contributed by atoms with Crippen molar-refractivity contribution in [1.82, 2.24) is 0 Å². The van der Waals surface area contributed by atoms with Gasteiger partial charge in [0.1, 0.15) is 12.4 Å². The van der Waals surface area contributed by atoms with E-state index in [1.165, 1.54) is 0 Å². The Hall–Kier alpha value is -1.29. The van der Waals surface area contributed by atoms with Gasteiger partial charge in [0.2, 0.25) is 9.05 Å². The van der Waals surface area contributed by atoms with Crippen LogP contribution in [0.2, 0.25) is 0 Å². The molecular formula is C11H12ClNO4S. The Balaban J connectivity index is 2.20. The van der Waals surface area contributed by atoms with Crippen molar-refractivity contribution in [2.75, 3.05) is 25.6 Å². The van der Waals surface area contributed by atoms with Crippen LogP contribution in [0.1, 0.15) is 5.56 Å². The van der Waals surface area contributed by atoms with Gasteiger partial charge in [0.05, 0.1) is 30.6 Å². The van der Waals surface area contributed by atoms with E-state index in [1.54, 1.807) is 24.3 Å². The van der Waals surface area contributed by atoms with Gasteiger partial charge in [-0.05, 0) is 18.2 Å². The van der Waals surface area contributed by atoms with Gasteiger partial charge in [-0.1, -0.05) is 6.07 Å². The standard InChI is InChI=1S/C11H12ClNO4S/c12-18(14,15)7-6-16-4-5-17-11-3-1-2-10(8-11)9-13/h1-3,8H,4-7H2. The summed E-state index contributed by atoms with van der Waals surface area (Å²) >= 11 is 0. The van der Waals surface area contributed by atoms with Gasteiger partial charge in [0.15, 0.2) is 0 Å².